The van der Waals surface area contributed by atoms with Crippen LogP contribution in [0, 0.1) is 11.8 Å². The molecule has 3 aliphatic carbocycles. The molecule has 0 saturated carbocycles. The number of hydrogen-bond acceptors (Lipinski definition) is 3. The fraction of sp³-hybridized carbons (Fsp3) is 0.140. The Labute approximate surface area is 271 Å². The summed E-state index contributed by atoms with van der Waals surface area (Å²) < 4.78 is 0. The normalized spacial score (nSPS) is 23.4. The summed E-state index contributed by atoms with van der Waals surface area (Å²) in [6.07, 6.45) is 22.5. The van der Waals surface area contributed by atoms with Gasteiger partial charge in [-0.2, -0.15) is 0 Å². The lowest BCUT2D eigenvalue weighted by atomic mass is 9.72. The molecule has 46 heavy (non-hydrogen) atoms. The number of rotatable bonds is 6. The van der Waals surface area contributed by atoms with E-state index < -0.39 is 0 Å². The lowest BCUT2D eigenvalue weighted by molar-refractivity contribution is 0.434. The first-order valence-electron chi connectivity index (χ1n) is 16.4. The van der Waals surface area contributed by atoms with Crippen LogP contribution in [-0.4, -0.2) is 18.2 Å². The Bertz CT molecular complexity index is 1920. The predicted molar refractivity (Wildman–Crippen MR) is 192 cm³/mol. The lowest BCUT2D eigenvalue weighted by Crippen LogP contribution is -2.56. The van der Waals surface area contributed by atoms with E-state index in [-0.39, 0.29) is 24.2 Å². The summed E-state index contributed by atoms with van der Waals surface area (Å²) >= 11 is 0. The Morgan fingerprint density at radius 1 is 0.565 bits per heavy atom. The number of allylic oxidation sites excluding steroid dienone is 9. The van der Waals surface area contributed by atoms with Crippen LogP contribution in [0.2, 0.25) is 0 Å². The fourth-order valence-corrected chi connectivity index (χ4v) is 7.04. The van der Waals surface area contributed by atoms with Crippen LogP contribution in [0.5, 0.6) is 0 Å². The summed E-state index contributed by atoms with van der Waals surface area (Å²) in [5.41, 5.74) is 11.2. The van der Waals surface area contributed by atoms with E-state index in [9.17, 15) is 0 Å². The molecule has 1 heterocycles. The van der Waals surface area contributed by atoms with Crippen molar-refractivity contribution < 1.29 is 0 Å². The molecule has 0 saturated heterocycles. The molecule has 4 aromatic rings. The summed E-state index contributed by atoms with van der Waals surface area (Å²) in [5.74, 6) is 1.44. The SMILES string of the molecule is C1=CC2C(c3ccccc3)=CC=CC2C(C2N=C(c3ccc(-c4ccc(-c5ccccc5)cc4)cc3)NC(C3=CCCC=C3)N2)=C1. The minimum atomic E-state index is -0.153. The Balaban J connectivity index is 1.09. The maximum Gasteiger partial charge on any atom is 0.131 e. The van der Waals surface area contributed by atoms with Gasteiger partial charge >= 0.3 is 0 Å². The van der Waals surface area contributed by atoms with Crippen molar-refractivity contribution >= 4 is 11.4 Å². The van der Waals surface area contributed by atoms with Gasteiger partial charge in [-0.1, -0.05) is 164 Å². The molecule has 8 rings (SSSR count). The monoisotopic (exact) mass is 595 g/mol. The fourth-order valence-electron chi connectivity index (χ4n) is 7.04. The summed E-state index contributed by atoms with van der Waals surface area (Å²) in [4.78, 5) is 5.34. The van der Waals surface area contributed by atoms with Crippen LogP contribution in [0.3, 0.4) is 0 Å². The van der Waals surface area contributed by atoms with E-state index in [2.05, 4.69) is 175 Å². The predicted octanol–water partition coefficient (Wildman–Crippen LogP) is 9.27. The standard InChI is InChI=1S/C43H37N3/c1-4-12-30(13-5-1)31-22-24-32(25-23-31)33-26-28-36(29-27-33)42-44-41(35-16-8-3-9-17-35)45-43(46-42)40-21-11-19-38-37(18-10-20-39(38)40)34-14-6-2-7-15-34/h1-2,4-8,10-29,38-39,41,43,45H,3,9H2,(H,44,46). The first-order valence-corrected chi connectivity index (χ1v) is 16.4. The molecule has 0 spiro atoms. The molecule has 4 atom stereocenters. The maximum absolute atomic E-state index is 5.34. The van der Waals surface area contributed by atoms with Crippen LogP contribution in [-0.2, 0) is 0 Å². The van der Waals surface area contributed by atoms with Crippen molar-refractivity contribution in [3.8, 4) is 22.3 Å². The summed E-state index contributed by atoms with van der Waals surface area (Å²) in [7, 11) is 0. The molecular weight excluding hydrogens is 558 g/mol. The smallest absolute Gasteiger partial charge is 0.131 e. The molecule has 4 aromatic carbocycles. The van der Waals surface area contributed by atoms with Crippen LogP contribution in [0.1, 0.15) is 24.0 Å². The lowest BCUT2D eigenvalue weighted by Gasteiger charge is -2.39. The highest BCUT2D eigenvalue weighted by molar-refractivity contribution is 6.00. The second-order valence-electron chi connectivity index (χ2n) is 12.3. The number of fused-ring (bicyclic) bond motifs is 1. The molecule has 1 aliphatic heterocycles. The molecule has 4 unspecified atom stereocenters. The van der Waals surface area contributed by atoms with Crippen molar-refractivity contribution in [1.29, 1.82) is 0 Å². The molecule has 0 aromatic heterocycles. The average molecular weight is 596 g/mol. The number of nitrogens with zero attached hydrogens (tertiary/aromatic N) is 1. The molecule has 2 N–H and O–H groups in total. The molecular formula is C43H37N3. The third-order valence-electron chi connectivity index (χ3n) is 9.46. The molecule has 0 bridgehead atoms. The minimum absolute atomic E-state index is 0.0266. The van der Waals surface area contributed by atoms with Crippen molar-refractivity contribution in [3.63, 3.8) is 0 Å². The molecule has 4 aliphatic rings. The van der Waals surface area contributed by atoms with E-state index in [4.69, 9.17) is 4.99 Å². The zero-order valence-electron chi connectivity index (χ0n) is 25.8. The number of hydrogen-bond donors (Lipinski definition) is 2. The topological polar surface area (TPSA) is 36.4 Å². The van der Waals surface area contributed by atoms with Crippen LogP contribution >= 0.6 is 0 Å². The minimum Gasteiger partial charge on any atom is -0.350 e. The van der Waals surface area contributed by atoms with Gasteiger partial charge in [-0.3, -0.25) is 5.32 Å². The van der Waals surface area contributed by atoms with Crippen molar-refractivity contribution in [2.45, 2.75) is 25.2 Å². The third-order valence-corrected chi connectivity index (χ3v) is 9.46. The van der Waals surface area contributed by atoms with E-state index >= 15 is 0 Å². The van der Waals surface area contributed by atoms with Gasteiger partial charge in [-0.15, -0.1) is 0 Å². The molecule has 3 nitrogen and oxygen atoms in total. The molecule has 224 valence electrons. The zero-order chi connectivity index (χ0) is 30.7. The maximum atomic E-state index is 5.34. The van der Waals surface area contributed by atoms with Crippen molar-refractivity contribution in [2.24, 2.45) is 16.8 Å². The van der Waals surface area contributed by atoms with E-state index in [0.29, 0.717) is 0 Å². The number of nitrogens with one attached hydrogen (secondary N) is 2. The average Bonchev–Trinajstić information content (AvgIpc) is 3.15. The van der Waals surface area contributed by atoms with Gasteiger partial charge in [-0.25, -0.2) is 4.99 Å². The van der Waals surface area contributed by atoms with E-state index in [1.807, 2.05) is 0 Å². The Morgan fingerprint density at radius 2 is 1.15 bits per heavy atom. The van der Waals surface area contributed by atoms with Crippen molar-refractivity contribution in [1.82, 2.24) is 10.6 Å². The van der Waals surface area contributed by atoms with Crippen LogP contribution < -0.4 is 10.6 Å². The van der Waals surface area contributed by atoms with Gasteiger partial charge in [0.15, 0.2) is 0 Å². The summed E-state index contributed by atoms with van der Waals surface area (Å²) in [5, 5.41) is 7.61. The first kappa shape index (κ1) is 28.2. The first-order chi connectivity index (χ1) is 22.8. The molecule has 0 amide bonds. The van der Waals surface area contributed by atoms with Crippen LogP contribution in [0.25, 0.3) is 27.8 Å². The highest BCUT2D eigenvalue weighted by atomic mass is 15.3. The van der Waals surface area contributed by atoms with Gasteiger partial charge in [0.25, 0.3) is 0 Å². The van der Waals surface area contributed by atoms with Crippen LogP contribution in [0.4, 0.5) is 0 Å². The van der Waals surface area contributed by atoms with Gasteiger partial charge in [0.2, 0.25) is 0 Å². The highest BCUT2D eigenvalue weighted by Crippen LogP contribution is 2.42. The Kier molecular flexibility index (Phi) is 7.75. The summed E-state index contributed by atoms with van der Waals surface area (Å²) in [6, 6.07) is 38.9. The number of aliphatic imine (C=N–C) groups is 1. The molecule has 3 heteroatoms. The van der Waals surface area contributed by atoms with Gasteiger partial charge < -0.3 is 5.32 Å². The van der Waals surface area contributed by atoms with Gasteiger partial charge in [-0.05, 0) is 57.4 Å². The third kappa shape index (κ3) is 5.66. The Hall–Kier alpha value is -5.25. The number of benzene rings is 4. The van der Waals surface area contributed by atoms with Crippen molar-refractivity contribution in [3.05, 3.63) is 186 Å². The second kappa shape index (κ2) is 12.6. The van der Waals surface area contributed by atoms with Crippen LogP contribution in [0.15, 0.2) is 180 Å². The van der Waals surface area contributed by atoms with Crippen molar-refractivity contribution in [2.75, 3.05) is 0 Å². The summed E-state index contributed by atoms with van der Waals surface area (Å²) in [6.45, 7) is 0. The zero-order valence-corrected chi connectivity index (χ0v) is 25.8. The highest BCUT2D eigenvalue weighted by Gasteiger charge is 2.35. The Morgan fingerprint density at radius 3 is 1.80 bits per heavy atom. The number of amidine groups is 1. The van der Waals surface area contributed by atoms with Gasteiger partial charge in [0, 0.05) is 17.4 Å². The second-order valence-corrected chi connectivity index (χ2v) is 12.3. The quantitative estimate of drug-likeness (QED) is 0.233. The molecule has 0 radical (unpaired) electrons. The van der Waals surface area contributed by atoms with E-state index in [1.165, 1.54) is 44.5 Å². The van der Waals surface area contributed by atoms with E-state index in [0.717, 1.165) is 24.2 Å². The largest absolute Gasteiger partial charge is 0.350 e. The van der Waals surface area contributed by atoms with E-state index in [1.54, 1.807) is 0 Å². The molecule has 0 fully saturated rings. The van der Waals surface area contributed by atoms with Gasteiger partial charge in [0.1, 0.15) is 18.2 Å². The van der Waals surface area contributed by atoms with Gasteiger partial charge in [0.05, 0.1) is 0 Å².